The van der Waals surface area contributed by atoms with E-state index in [-0.39, 0.29) is 6.04 Å². The lowest BCUT2D eigenvalue weighted by Crippen LogP contribution is -3.15. The molecule has 2 aromatic carbocycles. The van der Waals surface area contributed by atoms with Gasteiger partial charge in [-0.1, -0.05) is 41.9 Å². The second-order valence-corrected chi connectivity index (χ2v) is 7.40. The van der Waals surface area contributed by atoms with Crippen LogP contribution in [0.1, 0.15) is 18.5 Å². The maximum absolute atomic E-state index is 5.94. The van der Waals surface area contributed by atoms with Gasteiger partial charge in [0.05, 0.1) is 19.3 Å². The Hall–Kier alpha value is -1.66. The highest BCUT2D eigenvalue weighted by Crippen LogP contribution is 2.16. The Kier molecular flexibility index (Phi) is 6.86. The summed E-state index contributed by atoms with van der Waals surface area (Å²) in [6, 6.07) is 18.7. The number of hydrogen-bond donors (Lipinski definition) is 3. The van der Waals surface area contributed by atoms with E-state index in [2.05, 4.69) is 47.9 Å². The van der Waals surface area contributed by atoms with Crippen LogP contribution in [0.15, 0.2) is 54.6 Å². The van der Waals surface area contributed by atoms with Gasteiger partial charge in [0.2, 0.25) is 0 Å². The summed E-state index contributed by atoms with van der Waals surface area (Å²) in [5, 5.41) is 8.03. The van der Waals surface area contributed by atoms with E-state index in [9.17, 15) is 0 Å². The number of thiocarbonyl (C=S) groups is 1. The van der Waals surface area contributed by atoms with Crippen LogP contribution in [-0.4, -0.2) is 37.5 Å². The molecule has 3 N–H and O–H groups in total. The van der Waals surface area contributed by atoms with Crippen molar-refractivity contribution >= 4 is 34.6 Å². The fourth-order valence-corrected chi connectivity index (χ4v) is 3.90. The fourth-order valence-electron chi connectivity index (χ4n) is 3.47. The summed E-state index contributed by atoms with van der Waals surface area (Å²) in [6.45, 7) is 5.81. The number of rotatable bonds is 5. The minimum atomic E-state index is 0.179. The molecule has 3 rings (SSSR count). The lowest BCUT2D eigenvalue weighted by atomic mass is 9.98. The second-order valence-electron chi connectivity index (χ2n) is 6.55. The lowest BCUT2D eigenvalue weighted by Gasteiger charge is -2.35. The first-order valence-corrected chi connectivity index (χ1v) is 9.72. The standard InChI is InChI=1S/C20H24ClN3OS/c1-15(22-20(26)23-18-9-7-17(21)8-10-18)19(16-5-3-2-4-6-16)24-11-13-25-14-12-24/h2-10,15,19H,11-14H2,1H3,(H2,22,23,26)/p+1/t15-,19+/m0/s1. The highest BCUT2D eigenvalue weighted by atomic mass is 35.5. The Bertz CT molecular complexity index is 705. The van der Waals surface area contributed by atoms with Gasteiger partial charge >= 0.3 is 0 Å². The fraction of sp³-hybridized carbons (Fsp3) is 0.350. The summed E-state index contributed by atoms with van der Waals surface area (Å²) in [4.78, 5) is 1.52. The molecule has 0 saturated carbocycles. The highest BCUT2D eigenvalue weighted by molar-refractivity contribution is 7.80. The van der Waals surface area contributed by atoms with Gasteiger partial charge in [-0.15, -0.1) is 0 Å². The molecule has 1 saturated heterocycles. The van der Waals surface area contributed by atoms with E-state index in [1.165, 1.54) is 10.5 Å². The van der Waals surface area contributed by atoms with Crippen LogP contribution in [0.2, 0.25) is 5.02 Å². The van der Waals surface area contributed by atoms with Gasteiger partial charge < -0.3 is 20.3 Å². The van der Waals surface area contributed by atoms with Gasteiger partial charge in [-0.05, 0) is 43.4 Å². The molecule has 2 aromatic rings. The van der Waals surface area contributed by atoms with Crippen LogP contribution in [0, 0.1) is 0 Å². The average Bonchev–Trinajstić information content (AvgIpc) is 2.65. The zero-order valence-corrected chi connectivity index (χ0v) is 16.4. The Morgan fingerprint density at radius 1 is 1.08 bits per heavy atom. The molecule has 0 aromatic heterocycles. The van der Waals surface area contributed by atoms with Crippen LogP contribution in [-0.2, 0) is 4.74 Å². The molecule has 26 heavy (non-hydrogen) atoms. The zero-order valence-electron chi connectivity index (χ0n) is 14.9. The van der Waals surface area contributed by atoms with Crippen molar-refractivity contribution in [3.05, 3.63) is 65.2 Å². The number of benzene rings is 2. The number of ether oxygens (including phenoxy) is 1. The predicted molar refractivity (Wildman–Crippen MR) is 111 cm³/mol. The molecule has 1 heterocycles. The molecule has 0 spiro atoms. The van der Waals surface area contributed by atoms with E-state index in [1.54, 1.807) is 0 Å². The van der Waals surface area contributed by atoms with Gasteiger partial charge in [-0.25, -0.2) is 0 Å². The van der Waals surface area contributed by atoms with Crippen LogP contribution in [0.3, 0.4) is 0 Å². The number of morpholine rings is 1. The monoisotopic (exact) mass is 390 g/mol. The van der Waals surface area contributed by atoms with Crippen molar-refractivity contribution in [2.24, 2.45) is 0 Å². The van der Waals surface area contributed by atoms with Crippen molar-refractivity contribution in [3.8, 4) is 0 Å². The summed E-state index contributed by atoms with van der Waals surface area (Å²) in [5.74, 6) is 0. The van der Waals surface area contributed by atoms with Crippen LogP contribution in [0.25, 0.3) is 0 Å². The van der Waals surface area contributed by atoms with Gasteiger partial charge in [0.1, 0.15) is 19.1 Å². The molecule has 0 amide bonds. The molecule has 4 nitrogen and oxygen atoms in total. The molecule has 1 fully saturated rings. The lowest BCUT2D eigenvalue weighted by molar-refractivity contribution is -0.940. The van der Waals surface area contributed by atoms with Crippen molar-refractivity contribution in [3.63, 3.8) is 0 Å². The maximum Gasteiger partial charge on any atom is 0.171 e. The summed E-state index contributed by atoms with van der Waals surface area (Å²) < 4.78 is 5.55. The van der Waals surface area contributed by atoms with Crippen molar-refractivity contribution < 1.29 is 9.64 Å². The predicted octanol–water partition coefficient (Wildman–Crippen LogP) is 2.67. The van der Waals surface area contributed by atoms with Crippen LogP contribution >= 0.6 is 23.8 Å². The van der Waals surface area contributed by atoms with E-state index >= 15 is 0 Å². The van der Waals surface area contributed by atoms with Gasteiger partial charge in [0.25, 0.3) is 0 Å². The van der Waals surface area contributed by atoms with Gasteiger partial charge in [0, 0.05) is 16.3 Å². The van der Waals surface area contributed by atoms with Crippen molar-refractivity contribution in [1.29, 1.82) is 0 Å². The summed E-state index contributed by atoms with van der Waals surface area (Å²) >= 11 is 11.5. The first kappa shape index (κ1) is 19.1. The summed E-state index contributed by atoms with van der Waals surface area (Å²) in [7, 11) is 0. The number of nitrogens with one attached hydrogen (secondary N) is 3. The molecular formula is C20H25ClN3OS+. The normalized spacial score (nSPS) is 17.3. The third kappa shape index (κ3) is 5.17. The molecule has 6 heteroatoms. The third-order valence-electron chi connectivity index (χ3n) is 4.69. The van der Waals surface area contributed by atoms with E-state index < -0.39 is 0 Å². The van der Waals surface area contributed by atoms with Crippen molar-refractivity contribution in [2.75, 3.05) is 31.6 Å². The Morgan fingerprint density at radius 2 is 1.73 bits per heavy atom. The van der Waals surface area contributed by atoms with E-state index in [0.29, 0.717) is 16.2 Å². The Morgan fingerprint density at radius 3 is 2.38 bits per heavy atom. The molecule has 2 atom stereocenters. The number of halogens is 1. The molecular weight excluding hydrogens is 366 g/mol. The minimum absolute atomic E-state index is 0.179. The van der Waals surface area contributed by atoms with E-state index in [1.807, 2.05) is 24.3 Å². The molecule has 0 aliphatic carbocycles. The van der Waals surface area contributed by atoms with Crippen LogP contribution in [0.5, 0.6) is 0 Å². The molecule has 138 valence electrons. The molecule has 1 aliphatic rings. The average molecular weight is 391 g/mol. The van der Waals surface area contributed by atoms with Crippen LogP contribution < -0.4 is 15.5 Å². The number of hydrogen-bond acceptors (Lipinski definition) is 2. The smallest absolute Gasteiger partial charge is 0.171 e. The van der Waals surface area contributed by atoms with Crippen LogP contribution in [0.4, 0.5) is 5.69 Å². The molecule has 0 unspecified atom stereocenters. The first-order valence-electron chi connectivity index (χ1n) is 8.94. The topological polar surface area (TPSA) is 37.7 Å². The Labute approximate surface area is 165 Å². The number of anilines is 1. The van der Waals surface area contributed by atoms with Crippen molar-refractivity contribution in [2.45, 2.75) is 19.0 Å². The second kappa shape index (κ2) is 9.33. The SMILES string of the molecule is C[C@H](NC(=S)Nc1ccc(Cl)cc1)[C@H](c1ccccc1)[NH+]1CCOCC1. The number of quaternary nitrogens is 1. The largest absolute Gasteiger partial charge is 0.370 e. The van der Waals surface area contributed by atoms with Crippen molar-refractivity contribution in [1.82, 2.24) is 5.32 Å². The van der Waals surface area contributed by atoms with E-state index in [4.69, 9.17) is 28.6 Å². The summed E-state index contributed by atoms with van der Waals surface area (Å²) in [6.07, 6.45) is 0. The maximum atomic E-state index is 5.94. The Balaban J connectivity index is 1.69. The molecule has 1 aliphatic heterocycles. The van der Waals surface area contributed by atoms with Gasteiger partial charge in [0.15, 0.2) is 5.11 Å². The third-order valence-corrected chi connectivity index (χ3v) is 5.17. The zero-order chi connectivity index (χ0) is 18.4. The highest BCUT2D eigenvalue weighted by Gasteiger charge is 2.31. The molecule has 0 bridgehead atoms. The van der Waals surface area contributed by atoms with E-state index in [0.717, 1.165) is 32.0 Å². The minimum Gasteiger partial charge on any atom is -0.370 e. The first-order chi connectivity index (χ1) is 12.6. The summed E-state index contributed by atoms with van der Waals surface area (Å²) in [5.41, 5.74) is 2.24. The quantitative estimate of drug-likeness (QED) is 0.686. The van der Waals surface area contributed by atoms with Gasteiger partial charge in [-0.3, -0.25) is 0 Å². The molecule has 0 radical (unpaired) electrons. The van der Waals surface area contributed by atoms with Gasteiger partial charge in [-0.2, -0.15) is 0 Å².